The van der Waals surface area contributed by atoms with Crippen LogP contribution >= 0.6 is 11.6 Å². The van der Waals surface area contributed by atoms with Gasteiger partial charge in [0.25, 0.3) is 0 Å². The van der Waals surface area contributed by atoms with E-state index in [4.69, 9.17) is 11.6 Å². The summed E-state index contributed by atoms with van der Waals surface area (Å²) < 4.78 is 0. The number of carboxylic acid groups (broad SMARTS) is 1. The van der Waals surface area contributed by atoms with Crippen LogP contribution in [-0.2, 0) is 11.2 Å². The van der Waals surface area contributed by atoms with Gasteiger partial charge in [-0.3, -0.25) is 4.79 Å². The van der Waals surface area contributed by atoms with Crippen molar-refractivity contribution in [3.63, 3.8) is 0 Å². The SMILES string of the molecule is CCc1cccc2c([C@H](CC(=O)O)c3ccccc3Cl)c[nH]c12. The molecule has 2 N–H and O–H groups in total. The van der Waals surface area contributed by atoms with Crippen molar-refractivity contribution in [1.29, 1.82) is 0 Å². The van der Waals surface area contributed by atoms with Gasteiger partial charge in [-0.15, -0.1) is 0 Å². The fourth-order valence-electron chi connectivity index (χ4n) is 3.14. The van der Waals surface area contributed by atoms with Gasteiger partial charge in [0.1, 0.15) is 0 Å². The predicted octanol–water partition coefficient (Wildman–Crippen LogP) is 4.99. The number of aryl methyl sites for hydroxylation is 1. The van der Waals surface area contributed by atoms with Gasteiger partial charge >= 0.3 is 5.97 Å². The first-order valence-electron chi connectivity index (χ1n) is 7.67. The van der Waals surface area contributed by atoms with E-state index >= 15 is 0 Å². The van der Waals surface area contributed by atoms with Gasteiger partial charge in [0, 0.05) is 28.0 Å². The lowest BCUT2D eigenvalue weighted by Gasteiger charge is -2.16. The number of hydrogen-bond donors (Lipinski definition) is 2. The number of H-pyrrole nitrogens is 1. The van der Waals surface area contributed by atoms with Crippen LogP contribution in [0.5, 0.6) is 0 Å². The third-order valence-corrected chi connectivity index (χ3v) is 4.59. The van der Waals surface area contributed by atoms with E-state index in [1.807, 2.05) is 36.5 Å². The summed E-state index contributed by atoms with van der Waals surface area (Å²) in [4.78, 5) is 14.7. The molecule has 3 nitrogen and oxygen atoms in total. The summed E-state index contributed by atoms with van der Waals surface area (Å²) in [5.41, 5.74) is 4.12. The lowest BCUT2D eigenvalue weighted by Crippen LogP contribution is -2.08. The van der Waals surface area contributed by atoms with E-state index in [1.54, 1.807) is 6.07 Å². The van der Waals surface area contributed by atoms with Crippen molar-refractivity contribution in [2.75, 3.05) is 0 Å². The minimum absolute atomic E-state index is 0.00698. The first kappa shape index (κ1) is 15.6. The fraction of sp³-hybridized carbons (Fsp3) is 0.211. The summed E-state index contributed by atoms with van der Waals surface area (Å²) in [6.07, 6.45) is 2.85. The average Bonchev–Trinajstić information content (AvgIpc) is 2.97. The lowest BCUT2D eigenvalue weighted by atomic mass is 9.88. The van der Waals surface area contributed by atoms with E-state index in [-0.39, 0.29) is 12.3 Å². The number of rotatable bonds is 5. The number of aliphatic carboxylic acids is 1. The van der Waals surface area contributed by atoms with Crippen LogP contribution in [0.1, 0.15) is 36.0 Å². The topological polar surface area (TPSA) is 53.1 Å². The van der Waals surface area contributed by atoms with Crippen molar-refractivity contribution in [3.05, 3.63) is 70.4 Å². The quantitative estimate of drug-likeness (QED) is 0.693. The van der Waals surface area contributed by atoms with Gasteiger partial charge in [-0.25, -0.2) is 0 Å². The Balaban J connectivity index is 2.18. The minimum Gasteiger partial charge on any atom is -0.481 e. The van der Waals surface area contributed by atoms with Gasteiger partial charge in [-0.1, -0.05) is 54.9 Å². The van der Waals surface area contributed by atoms with Crippen LogP contribution < -0.4 is 0 Å². The van der Waals surface area contributed by atoms with Crippen LogP contribution in [0.2, 0.25) is 5.02 Å². The Morgan fingerprint density at radius 1 is 1.17 bits per heavy atom. The van der Waals surface area contributed by atoms with E-state index in [1.165, 1.54) is 5.56 Å². The molecular formula is C19H18ClNO2. The minimum atomic E-state index is -0.837. The van der Waals surface area contributed by atoms with Crippen LogP contribution in [0.3, 0.4) is 0 Å². The van der Waals surface area contributed by atoms with Gasteiger partial charge in [-0.05, 0) is 29.2 Å². The van der Waals surface area contributed by atoms with Crippen LogP contribution in [0.4, 0.5) is 0 Å². The number of halogens is 1. The second kappa shape index (κ2) is 6.47. The molecule has 0 aliphatic rings. The molecule has 2 aromatic carbocycles. The monoisotopic (exact) mass is 327 g/mol. The molecular weight excluding hydrogens is 310 g/mol. The maximum Gasteiger partial charge on any atom is 0.304 e. The first-order chi connectivity index (χ1) is 11.1. The van der Waals surface area contributed by atoms with Gasteiger partial charge in [0.15, 0.2) is 0 Å². The maximum absolute atomic E-state index is 11.4. The summed E-state index contributed by atoms with van der Waals surface area (Å²) >= 11 is 6.33. The Kier molecular flexibility index (Phi) is 4.39. The number of fused-ring (bicyclic) bond motifs is 1. The Morgan fingerprint density at radius 3 is 2.65 bits per heavy atom. The highest BCUT2D eigenvalue weighted by atomic mass is 35.5. The molecule has 1 aromatic heterocycles. The molecule has 23 heavy (non-hydrogen) atoms. The first-order valence-corrected chi connectivity index (χ1v) is 8.04. The third-order valence-electron chi connectivity index (χ3n) is 4.25. The number of benzene rings is 2. The Hall–Kier alpha value is -2.26. The molecule has 0 unspecified atom stereocenters. The van der Waals surface area contributed by atoms with Gasteiger partial charge in [-0.2, -0.15) is 0 Å². The molecule has 0 fully saturated rings. The zero-order valence-corrected chi connectivity index (χ0v) is 13.6. The zero-order valence-electron chi connectivity index (χ0n) is 12.8. The molecule has 1 atom stereocenters. The van der Waals surface area contributed by atoms with E-state index in [0.717, 1.165) is 28.5 Å². The van der Waals surface area contributed by atoms with Crippen molar-refractivity contribution < 1.29 is 9.90 Å². The van der Waals surface area contributed by atoms with Crippen molar-refractivity contribution in [2.24, 2.45) is 0 Å². The van der Waals surface area contributed by atoms with Crippen LogP contribution in [0.15, 0.2) is 48.7 Å². The van der Waals surface area contributed by atoms with Crippen LogP contribution in [0, 0.1) is 0 Å². The third kappa shape index (κ3) is 2.97. The highest BCUT2D eigenvalue weighted by Gasteiger charge is 2.23. The highest BCUT2D eigenvalue weighted by molar-refractivity contribution is 6.31. The molecule has 0 spiro atoms. The smallest absolute Gasteiger partial charge is 0.304 e. The van der Waals surface area contributed by atoms with Crippen molar-refractivity contribution in [3.8, 4) is 0 Å². The Morgan fingerprint density at radius 2 is 1.96 bits per heavy atom. The molecule has 0 aliphatic heterocycles. The number of carbonyl (C=O) groups is 1. The Bertz CT molecular complexity index is 853. The summed E-state index contributed by atoms with van der Waals surface area (Å²) in [6.45, 7) is 2.11. The molecule has 118 valence electrons. The van der Waals surface area contributed by atoms with E-state index in [9.17, 15) is 9.90 Å². The molecule has 3 aromatic rings. The molecule has 1 heterocycles. The molecule has 4 heteroatoms. The molecule has 0 amide bonds. The Labute approximate surface area is 139 Å². The normalized spacial score (nSPS) is 12.4. The number of aromatic nitrogens is 1. The van der Waals surface area contributed by atoms with Crippen molar-refractivity contribution in [2.45, 2.75) is 25.7 Å². The van der Waals surface area contributed by atoms with E-state index in [0.29, 0.717) is 5.02 Å². The maximum atomic E-state index is 11.4. The second-order valence-corrected chi connectivity index (χ2v) is 6.02. The van der Waals surface area contributed by atoms with Gasteiger partial charge in [0.2, 0.25) is 0 Å². The molecule has 3 rings (SSSR count). The zero-order chi connectivity index (χ0) is 16.4. The number of nitrogens with one attached hydrogen (secondary N) is 1. The fourth-order valence-corrected chi connectivity index (χ4v) is 3.41. The second-order valence-electron chi connectivity index (χ2n) is 5.61. The van der Waals surface area contributed by atoms with Gasteiger partial charge in [0.05, 0.1) is 6.42 Å². The number of carboxylic acids is 1. The average molecular weight is 328 g/mol. The lowest BCUT2D eigenvalue weighted by molar-refractivity contribution is -0.137. The standard InChI is InChI=1S/C19H18ClNO2/c1-2-12-6-5-8-14-16(11-21-19(12)14)15(10-18(22)23)13-7-3-4-9-17(13)20/h3-9,11,15,21H,2,10H2,1H3,(H,22,23)/t15-/m1/s1. The molecule has 0 bridgehead atoms. The molecule has 0 radical (unpaired) electrons. The molecule has 0 saturated carbocycles. The number of para-hydroxylation sites is 1. The highest BCUT2D eigenvalue weighted by Crippen LogP contribution is 2.37. The molecule has 0 aliphatic carbocycles. The summed E-state index contributed by atoms with van der Waals surface area (Å²) in [5.74, 6) is -1.11. The van der Waals surface area contributed by atoms with Crippen molar-refractivity contribution >= 4 is 28.5 Å². The predicted molar refractivity (Wildman–Crippen MR) is 93.2 cm³/mol. The molecule has 0 saturated heterocycles. The van der Waals surface area contributed by atoms with Gasteiger partial charge < -0.3 is 10.1 Å². The largest absolute Gasteiger partial charge is 0.481 e. The van der Waals surface area contributed by atoms with Crippen LogP contribution in [0.25, 0.3) is 10.9 Å². The summed E-state index contributed by atoms with van der Waals surface area (Å²) in [7, 11) is 0. The summed E-state index contributed by atoms with van der Waals surface area (Å²) in [5, 5.41) is 11.0. The van der Waals surface area contributed by atoms with E-state index in [2.05, 4.69) is 18.0 Å². The summed E-state index contributed by atoms with van der Waals surface area (Å²) in [6, 6.07) is 13.6. The van der Waals surface area contributed by atoms with Crippen LogP contribution in [-0.4, -0.2) is 16.1 Å². The van der Waals surface area contributed by atoms with E-state index < -0.39 is 5.97 Å². The number of hydrogen-bond acceptors (Lipinski definition) is 1. The number of aromatic amines is 1. The van der Waals surface area contributed by atoms with Crippen molar-refractivity contribution in [1.82, 2.24) is 4.98 Å².